The average Bonchev–Trinajstić information content (AvgIpc) is 2.72. The molecule has 0 radical (unpaired) electrons. The summed E-state index contributed by atoms with van der Waals surface area (Å²) in [6.07, 6.45) is -4.44. The highest BCUT2D eigenvalue weighted by Gasteiger charge is 2.26. The zero-order chi connectivity index (χ0) is 13.6. The van der Waals surface area contributed by atoms with Gasteiger partial charge in [0, 0.05) is 18.3 Å². The number of aryl methyl sites for hydroxylation is 1. The van der Waals surface area contributed by atoms with Crippen LogP contribution < -0.4 is 5.32 Å². The molecule has 4 nitrogen and oxygen atoms in total. The SMILES string of the molecule is COC(=O)CCc1csc(NCCC(F)(F)F)n1. The van der Waals surface area contributed by atoms with E-state index in [1.807, 2.05) is 0 Å². The second-order valence-electron chi connectivity index (χ2n) is 3.51. The number of thiazole rings is 1. The summed E-state index contributed by atoms with van der Waals surface area (Å²) in [5, 5.41) is 4.73. The largest absolute Gasteiger partial charge is 0.469 e. The Morgan fingerprint density at radius 1 is 1.56 bits per heavy atom. The van der Waals surface area contributed by atoms with Gasteiger partial charge in [0.15, 0.2) is 5.13 Å². The number of esters is 1. The van der Waals surface area contributed by atoms with E-state index in [9.17, 15) is 18.0 Å². The number of ether oxygens (including phenoxy) is 1. The lowest BCUT2D eigenvalue weighted by molar-refractivity contribution is -0.140. The van der Waals surface area contributed by atoms with Gasteiger partial charge in [-0.2, -0.15) is 13.2 Å². The molecule has 1 N–H and O–H groups in total. The number of anilines is 1. The second-order valence-corrected chi connectivity index (χ2v) is 4.37. The summed E-state index contributed by atoms with van der Waals surface area (Å²) >= 11 is 1.22. The molecule has 8 heteroatoms. The van der Waals surface area contributed by atoms with Crippen molar-refractivity contribution in [3.63, 3.8) is 0 Å². The molecule has 0 fully saturated rings. The van der Waals surface area contributed by atoms with Gasteiger partial charge in [-0.3, -0.25) is 4.79 Å². The molecule has 18 heavy (non-hydrogen) atoms. The molecular weight excluding hydrogens is 269 g/mol. The molecule has 0 spiro atoms. The van der Waals surface area contributed by atoms with Gasteiger partial charge in [-0.15, -0.1) is 11.3 Å². The smallest absolute Gasteiger partial charge is 0.390 e. The number of hydrogen-bond donors (Lipinski definition) is 1. The van der Waals surface area contributed by atoms with Gasteiger partial charge in [-0.05, 0) is 0 Å². The Hall–Kier alpha value is -1.31. The number of aromatic nitrogens is 1. The van der Waals surface area contributed by atoms with Crippen molar-refractivity contribution < 1.29 is 22.7 Å². The van der Waals surface area contributed by atoms with Crippen LogP contribution in [0, 0.1) is 0 Å². The fourth-order valence-corrected chi connectivity index (χ4v) is 1.92. The third-order valence-electron chi connectivity index (χ3n) is 2.05. The van der Waals surface area contributed by atoms with Crippen LogP contribution in [-0.4, -0.2) is 30.8 Å². The second kappa shape index (κ2) is 6.58. The van der Waals surface area contributed by atoms with E-state index in [0.29, 0.717) is 17.2 Å². The minimum Gasteiger partial charge on any atom is -0.469 e. The van der Waals surface area contributed by atoms with Crippen molar-refractivity contribution in [1.29, 1.82) is 0 Å². The molecule has 1 rings (SSSR count). The van der Waals surface area contributed by atoms with Crippen LogP contribution in [0.15, 0.2) is 5.38 Å². The van der Waals surface area contributed by atoms with E-state index in [-0.39, 0.29) is 18.9 Å². The van der Waals surface area contributed by atoms with E-state index in [1.54, 1.807) is 5.38 Å². The van der Waals surface area contributed by atoms with Crippen LogP contribution in [0.25, 0.3) is 0 Å². The standard InChI is InChI=1S/C10H13F3N2O2S/c1-17-8(16)3-2-7-6-18-9(15-7)14-5-4-10(11,12)13/h6H,2-5H2,1H3,(H,14,15). The van der Waals surface area contributed by atoms with Crippen molar-refractivity contribution in [2.24, 2.45) is 0 Å². The molecule has 0 aliphatic heterocycles. The van der Waals surface area contributed by atoms with Crippen LogP contribution in [0.5, 0.6) is 0 Å². The normalized spacial score (nSPS) is 11.3. The first-order valence-electron chi connectivity index (χ1n) is 5.22. The van der Waals surface area contributed by atoms with Crippen LogP contribution in [0.2, 0.25) is 0 Å². The summed E-state index contributed by atoms with van der Waals surface area (Å²) < 4.78 is 40.2. The Bertz CT molecular complexity index is 393. The lowest BCUT2D eigenvalue weighted by Crippen LogP contribution is -2.14. The summed E-state index contributed by atoms with van der Waals surface area (Å²) in [5.74, 6) is -0.338. The van der Waals surface area contributed by atoms with Crippen molar-refractivity contribution in [2.45, 2.75) is 25.4 Å². The minimum atomic E-state index is -4.17. The molecule has 1 aromatic heterocycles. The number of alkyl halides is 3. The van der Waals surface area contributed by atoms with Crippen LogP contribution in [0.1, 0.15) is 18.5 Å². The Morgan fingerprint density at radius 3 is 2.89 bits per heavy atom. The lowest BCUT2D eigenvalue weighted by atomic mass is 10.2. The minimum absolute atomic E-state index is 0.201. The highest BCUT2D eigenvalue weighted by atomic mass is 32.1. The van der Waals surface area contributed by atoms with Crippen LogP contribution >= 0.6 is 11.3 Å². The summed E-state index contributed by atoms with van der Waals surface area (Å²) in [5.41, 5.74) is 0.667. The van der Waals surface area contributed by atoms with E-state index in [4.69, 9.17) is 0 Å². The summed E-state index contributed by atoms with van der Waals surface area (Å²) in [6.45, 7) is -0.201. The molecule has 0 amide bonds. The number of halogens is 3. The topological polar surface area (TPSA) is 51.2 Å². The Balaban J connectivity index is 2.32. The molecule has 0 saturated carbocycles. The molecule has 0 aromatic carbocycles. The number of methoxy groups -OCH3 is 1. The van der Waals surface area contributed by atoms with Gasteiger partial charge in [0.05, 0.1) is 25.6 Å². The maximum atomic E-state index is 11.9. The maximum absolute atomic E-state index is 11.9. The number of nitrogens with one attached hydrogen (secondary N) is 1. The number of nitrogens with zero attached hydrogens (tertiary/aromatic N) is 1. The van der Waals surface area contributed by atoms with E-state index in [1.165, 1.54) is 18.4 Å². The molecule has 0 saturated heterocycles. The third kappa shape index (κ3) is 5.85. The zero-order valence-electron chi connectivity index (χ0n) is 9.71. The van der Waals surface area contributed by atoms with Gasteiger partial charge in [-0.1, -0.05) is 0 Å². The van der Waals surface area contributed by atoms with Crippen molar-refractivity contribution in [1.82, 2.24) is 4.98 Å². The van der Waals surface area contributed by atoms with Crippen molar-refractivity contribution in [3.05, 3.63) is 11.1 Å². The number of carbonyl (C=O) groups is 1. The molecule has 0 bridgehead atoms. The summed E-state index contributed by atoms with van der Waals surface area (Å²) in [7, 11) is 1.30. The van der Waals surface area contributed by atoms with Crippen molar-refractivity contribution in [3.8, 4) is 0 Å². The van der Waals surface area contributed by atoms with E-state index in [0.717, 1.165) is 0 Å². The molecule has 0 unspecified atom stereocenters. The van der Waals surface area contributed by atoms with Crippen LogP contribution in [-0.2, 0) is 16.0 Å². The highest BCUT2D eigenvalue weighted by Crippen LogP contribution is 2.21. The predicted octanol–water partition coefficient (Wildman–Crippen LogP) is 2.61. The van der Waals surface area contributed by atoms with Gasteiger partial charge >= 0.3 is 12.1 Å². The van der Waals surface area contributed by atoms with E-state index in [2.05, 4.69) is 15.0 Å². The van der Waals surface area contributed by atoms with Crippen LogP contribution in [0.3, 0.4) is 0 Å². The van der Waals surface area contributed by atoms with Gasteiger partial charge in [0.1, 0.15) is 0 Å². The molecular formula is C10H13F3N2O2S. The number of hydrogen-bond acceptors (Lipinski definition) is 5. The fraction of sp³-hybridized carbons (Fsp3) is 0.600. The molecule has 1 heterocycles. The number of rotatable bonds is 6. The predicted molar refractivity (Wildman–Crippen MR) is 61.6 cm³/mol. The van der Waals surface area contributed by atoms with E-state index < -0.39 is 12.6 Å². The molecule has 1 aromatic rings. The zero-order valence-corrected chi connectivity index (χ0v) is 10.5. The van der Waals surface area contributed by atoms with Gasteiger partial charge in [0.2, 0.25) is 0 Å². The highest BCUT2D eigenvalue weighted by molar-refractivity contribution is 7.13. The lowest BCUT2D eigenvalue weighted by Gasteiger charge is -2.05. The first-order valence-corrected chi connectivity index (χ1v) is 6.10. The van der Waals surface area contributed by atoms with Gasteiger partial charge in [-0.25, -0.2) is 4.98 Å². The summed E-state index contributed by atoms with van der Waals surface area (Å²) in [6, 6.07) is 0. The Labute approximate surface area is 106 Å². The maximum Gasteiger partial charge on any atom is 0.390 e. The van der Waals surface area contributed by atoms with E-state index >= 15 is 0 Å². The molecule has 0 atom stereocenters. The van der Waals surface area contributed by atoms with Gasteiger partial charge in [0.25, 0.3) is 0 Å². The van der Waals surface area contributed by atoms with Gasteiger partial charge < -0.3 is 10.1 Å². The van der Waals surface area contributed by atoms with Crippen molar-refractivity contribution >= 4 is 22.4 Å². The number of carbonyl (C=O) groups excluding carboxylic acids is 1. The fourth-order valence-electron chi connectivity index (χ4n) is 1.15. The quantitative estimate of drug-likeness (QED) is 0.815. The Kier molecular flexibility index (Phi) is 5.39. The monoisotopic (exact) mass is 282 g/mol. The Morgan fingerprint density at radius 2 is 2.28 bits per heavy atom. The summed E-state index contributed by atoms with van der Waals surface area (Å²) in [4.78, 5) is 15.0. The van der Waals surface area contributed by atoms with Crippen LogP contribution in [0.4, 0.5) is 18.3 Å². The third-order valence-corrected chi connectivity index (χ3v) is 2.90. The molecule has 0 aliphatic rings. The first kappa shape index (κ1) is 14.7. The van der Waals surface area contributed by atoms with Crippen molar-refractivity contribution in [2.75, 3.05) is 19.0 Å². The molecule has 0 aliphatic carbocycles. The molecule has 102 valence electrons. The average molecular weight is 282 g/mol. The first-order chi connectivity index (χ1) is 8.40.